The van der Waals surface area contributed by atoms with Gasteiger partial charge in [-0.2, -0.15) is 10.2 Å². The van der Waals surface area contributed by atoms with E-state index >= 15 is 0 Å². The van der Waals surface area contributed by atoms with E-state index < -0.39 is 0 Å². The SMILES string of the molecule is O=C(C1CC1)N1CCN(c2ccnn3cc(-c4cnn(C5CCNCC5)c4)cc23)CC1. The van der Waals surface area contributed by atoms with Crippen molar-refractivity contribution in [2.45, 2.75) is 31.7 Å². The number of piperazine rings is 1. The number of piperidine rings is 1. The number of carbonyl (C=O) groups is 1. The molecule has 5 heterocycles. The molecule has 162 valence electrons. The number of anilines is 1. The second kappa shape index (κ2) is 7.67. The van der Waals surface area contributed by atoms with Gasteiger partial charge in [-0.15, -0.1) is 0 Å². The maximum atomic E-state index is 12.4. The van der Waals surface area contributed by atoms with Crippen LogP contribution in [0.3, 0.4) is 0 Å². The molecule has 0 unspecified atom stereocenters. The van der Waals surface area contributed by atoms with Crippen LogP contribution in [0.4, 0.5) is 5.69 Å². The number of hydrogen-bond acceptors (Lipinski definition) is 5. The summed E-state index contributed by atoms with van der Waals surface area (Å²) in [4.78, 5) is 16.8. The highest BCUT2D eigenvalue weighted by Crippen LogP contribution is 2.33. The van der Waals surface area contributed by atoms with Gasteiger partial charge < -0.3 is 15.1 Å². The van der Waals surface area contributed by atoms with E-state index in [4.69, 9.17) is 0 Å². The molecule has 8 heteroatoms. The van der Waals surface area contributed by atoms with Crippen LogP contribution < -0.4 is 10.2 Å². The summed E-state index contributed by atoms with van der Waals surface area (Å²) >= 11 is 0. The molecule has 1 aliphatic carbocycles. The summed E-state index contributed by atoms with van der Waals surface area (Å²) in [5, 5.41) is 12.6. The highest BCUT2D eigenvalue weighted by atomic mass is 16.2. The van der Waals surface area contributed by atoms with Crippen molar-refractivity contribution in [2.75, 3.05) is 44.2 Å². The number of nitrogens with one attached hydrogen (secondary N) is 1. The van der Waals surface area contributed by atoms with Crippen molar-refractivity contribution in [3.05, 3.63) is 36.9 Å². The third-order valence-electron chi connectivity index (χ3n) is 6.96. The third kappa shape index (κ3) is 3.59. The van der Waals surface area contributed by atoms with Crippen LogP contribution in [0.2, 0.25) is 0 Å². The predicted molar refractivity (Wildman–Crippen MR) is 119 cm³/mol. The van der Waals surface area contributed by atoms with Gasteiger partial charge in [0.05, 0.1) is 23.4 Å². The van der Waals surface area contributed by atoms with E-state index in [1.54, 1.807) is 0 Å². The first-order chi connectivity index (χ1) is 15.3. The average molecular weight is 420 g/mol. The Bertz CT molecular complexity index is 1080. The lowest BCUT2D eigenvalue weighted by Gasteiger charge is -2.36. The smallest absolute Gasteiger partial charge is 0.225 e. The Balaban J connectivity index is 1.22. The molecule has 6 rings (SSSR count). The van der Waals surface area contributed by atoms with Gasteiger partial charge in [0.1, 0.15) is 0 Å². The van der Waals surface area contributed by atoms with Gasteiger partial charge in [-0.3, -0.25) is 9.48 Å². The molecule has 1 amide bonds. The van der Waals surface area contributed by atoms with Gasteiger partial charge in [0.15, 0.2) is 0 Å². The number of carbonyl (C=O) groups excluding carboxylic acids is 1. The summed E-state index contributed by atoms with van der Waals surface area (Å²) in [5.41, 5.74) is 4.57. The summed E-state index contributed by atoms with van der Waals surface area (Å²) in [6.45, 7) is 5.46. The highest BCUT2D eigenvalue weighted by Gasteiger charge is 2.34. The maximum Gasteiger partial charge on any atom is 0.225 e. The van der Waals surface area contributed by atoms with E-state index in [1.807, 2.05) is 21.8 Å². The molecule has 3 fully saturated rings. The van der Waals surface area contributed by atoms with Crippen LogP contribution in [-0.2, 0) is 4.79 Å². The van der Waals surface area contributed by atoms with E-state index in [-0.39, 0.29) is 0 Å². The third-order valence-corrected chi connectivity index (χ3v) is 6.96. The maximum absolute atomic E-state index is 12.4. The predicted octanol–water partition coefficient (Wildman–Crippen LogP) is 2.18. The molecule has 0 aromatic carbocycles. The lowest BCUT2D eigenvalue weighted by molar-refractivity contribution is -0.132. The normalized spacial score (nSPS) is 20.5. The minimum Gasteiger partial charge on any atom is -0.366 e. The molecule has 8 nitrogen and oxygen atoms in total. The number of aromatic nitrogens is 4. The number of nitrogens with zero attached hydrogens (tertiary/aromatic N) is 6. The molecule has 0 bridgehead atoms. The van der Waals surface area contributed by atoms with Crippen molar-refractivity contribution in [1.82, 2.24) is 29.6 Å². The molecule has 1 saturated carbocycles. The van der Waals surface area contributed by atoms with Gasteiger partial charge in [0, 0.05) is 61.8 Å². The molecule has 3 aliphatic rings. The molecule has 31 heavy (non-hydrogen) atoms. The van der Waals surface area contributed by atoms with Crippen molar-refractivity contribution in [3.63, 3.8) is 0 Å². The second-order valence-electron chi connectivity index (χ2n) is 9.05. The van der Waals surface area contributed by atoms with Crippen LogP contribution in [0.5, 0.6) is 0 Å². The molecule has 3 aromatic heterocycles. The van der Waals surface area contributed by atoms with Crippen LogP contribution in [0.15, 0.2) is 36.9 Å². The van der Waals surface area contributed by atoms with E-state index in [9.17, 15) is 4.79 Å². The first-order valence-electron chi connectivity index (χ1n) is 11.5. The van der Waals surface area contributed by atoms with Crippen LogP contribution in [0.1, 0.15) is 31.7 Å². The first-order valence-corrected chi connectivity index (χ1v) is 11.5. The molecular weight excluding hydrogens is 390 g/mol. The summed E-state index contributed by atoms with van der Waals surface area (Å²) in [5.74, 6) is 0.661. The van der Waals surface area contributed by atoms with E-state index in [0.29, 0.717) is 17.9 Å². The Labute approximate surface area is 181 Å². The van der Waals surface area contributed by atoms with E-state index in [0.717, 1.165) is 81.6 Å². The molecule has 2 saturated heterocycles. The van der Waals surface area contributed by atoms with Crippen LogP contribution in [0.25, 0.3) is 16.6 Å². The lowest BCUT2D eigenvalue weighted by Crippen LogP contribution is -2.49. The topological polar surface area (TPSA) is 70.7 Å². The molecule has 0 spiro atoms. The quantitative estimate of drug-likeness (QED) is 0.702. The fourth-order valence-electron chi connectivity index (χ4n) is 4.94. The minimum atomic E-state index is 0.304. The molecular formula is C23H29N7O. The van der Waals surface area contributed by atoms with E-state index in [2.05, 4.69) is 49.6 Å². The van der Waals surface area contributed by atoms with Crippen LogP contribution >= 0.6 is 0 Å². The zero-order valence-electron chi connectivity index (χ0n) is 17.8. The number of fused-ring (bicyclic) bond motifs is 1. The van der Waals surface area contributed by atoms with Gasteiger partial charge in [0.25, 0.3) is 0 Å². The summed E-state index contributed by atoms with van der Waals surface area (Å²) in [7, 11) is 0. The summed E-state index contributed by atoms with van der Waals surface area (Å²) in [6.07, 6.45) is 12.5. The van der Waals surface area contributed by atoms with Crippen LogP contribution in [-0.4, -0.2) is 69.5 Å². The fraction of sp³-hybridized carbons (Fsp3) is 0.522. The highest BCUT2D eigenvalue weighted by molar-refractivity contribution is 5.82. The fourth-order valence-corrected chi connectivity index (χ4v) is 4.94. The number of hydrogen-bond donors (Lipinski definition) is 1. The summed E-state index contributed by atoms with van der Waals surface area (Å²) in [6, 6.07) is 4.79. The Kier molecular flexibility index (Phi) is 4.67. The van der Waals surface area contributed by atoms with E-state index in [1.165, 1.54) is 5.69 Å². The molecule has 1 N–H and O–H groups in total. The van der Waals surface area contributed by atoms with Crippen molar-refractivity contribution in [1.29, 1.82) is 0 Å². The molecule has 3 aromatic rings. The molecule has 0 radical (unpaired) electrons. The Morgan fingerprint density at radius 1 is 0.968 bits per heavy atom. The Hall–Kier alpha value is -2.87. The van der Waals surface area contributed by atoms with Crippen molar-refractivity contribution in [2.24, 2.45) is 5.92 Å². The van der Waals surface area contributed by atoms with Crippen molar-refractivity contribution in [3.8, 4) is 11.1 Å². The minimum absolute atomic E-state index is 0.304. The lowest BCUT2D eigenvalue weighted by atomic mass is 10.1. The van der Waals surface area contributed by atoms with Gasteiger partial charge in [-0.05, 0) is 50.9 Å². The van der Waals surface area contributed by atoms with Crippen molar-refractivity contribution < 1.29 is 4.79 Å². The largest absolute Gasteiger partial charge is 0.366 e. The Morgan fingerprint density at radius 3 is 2.55 bits per heavy atom. The second-order valence-corrected chi connectivity index (χ2v) is 9.05. The molecule has 0 atom stereocenters. The van der Waals surface area contributed by atoms with Crippen molar-refractivity contribution >= 4 is 17.1 Å². The average Bonchev–Trinajstić information content (AvgIpc) is 3.38. The zero-order chi connectivity index (χ0) is 20.8. The zero-order valence-corrected chi connectivity index (χ0v) is 17.8. The van der Waals surface area contributed by atoms with Crippen LogP contribution in [0, 0.1) is 5.92 Å². The summed E-state index contributed by atoms with van der Waals surface area (Å²) < 4.78 is 4.09. The number of amides is 1. The van der Waals surface area contributed by atoms with Gasteiger partial charge in [-0.1, -0.05) is 0 Å². The number of rotatable bonds is 4. The van der Waals surface area contributed by atoms with Gasteiger partial charge >= 0.3 is 0 Å². The standard InChI is InChI=1S/C23H29N7O/c31-23(17-1-2-17)28-11-9-27(10-12-28)21-5-8-25-30-15-18(13-22(21)30)19-14-26-29(16-19)20-3-6-24-7-4-20/h5,8,13-17,20,24H,1-4,6-7,9-12H2. The first kappa shape index (κ1) is 18.9. The van der Waals surface area contributed by atoms with Gasteiger partial charge in [-0.25, -0.2) is 4.52 Å². The van der Waals surface area contributed by atoms with Gasteiger partial charge in [0.2, 0.25) is 5.91 Å². The molecule has 2 aliphatic heterocycles. The monoisotopic (exact) mass is 419 g/mol. The Morgan fingerprint density at radius 2 is 1.77 bits per heavy atom.